The highest BCUT2D eigenvalue weighted by Gasteiger charge is 2.09. The van der Waals surface area contributed by atoms with E-state index in [1.807, 2.05) is 12.1 Å². The molecule has 0 spiro atoms. The molecule has 0 aliphatic heterocycles. The van der Waals surface area contributed by atoms with Crippen LogP contribution in [0.1, 0.15) is 10.6 Å². The first-order valence-corrected chi connectivity index (χ1v) is 4.75. The first-order chi connectivity index (χ1) is 6.75. The third-order valence-electron chi connectivity index (χ3n) is 1.63. The molecule has 0 unspecified atom stereocenters. The number of halogens is 1. The zero-order valence-corrected chi connectivity index (χ0v) is 8.69. The van der Waals surface area contributed by atoms with E-state index in [-0.39, 0.29) is 11.7 Å². The Balaban J connectivity index is 2.10. The number of amides is 1. The monoisotopic (exact) mass is 254 g/mol. The van der Waals surface area contributed by atoms with Gasteiger partial charge in [0.25, 0.3) is 0 Å². The van der Waals surface area contributed by atoms with Crippen LogP contribution in [0.15, 0.2) is 45.7 Å². The molecule has 0 atom stereocenters. The van der Waals surface area contributed by atoms with Crippen LogP contribution >= 0.6 is 15.9 Å². The molecule has 2 aromatic rings. The van der Waals surface area contributed by atoms with Crippen LogP contribution in [0.25, 0.3) is 0 Å². The maximum atomic E-state index is 11.5. The summed E-state index contributed by atoms with van der Waals surface area (Å²) in [4.78, 5) is 11.5. The minimum absolute atomic E-state index is 0.269. The number of furan rings is 1. The van der Waals surface area contributed by atoms with E-state index < -0.39 is 0 Å². The molecule has 0 radical (unpaired) electrons. The lowest BCUT2D eigenvalue weighted by atomic mass is 10.4. The maximum absolute atomic E-state index is 11.5. The first kappa shape index (κ1) is 9.08. The van der Waals surface area contributed by atoms with Gasteiger partial charge in [0.05, 0.1) is 0 Å². The Kier molecular flexibility index (Phi) is 2.41. The summed E-state index contributed by atoms with van der Waals surface area (Å²) in [5.41, 5.74) is 2.61. The zero-order chi connectivity index (χ0) is 9.97. The van der Waals surface area contributed by atoms with Crippen molar-refractivity contribution in [3.63, 3.8) is 0 Å². The van der Waals surface area contributed by atoms with E-state index in [9.17, 15) is 4.79 Å². The van der Waals surface area contributed by atoms with Crippen LogP contribution < -0.4 is 5.43 Å². The van der Waals surface area contributed by atoms with E-state index in [1.165, 1.54) is 0 Å². The molecule has 0 saturated heterocycles. The molecule has 0 aliphatic carbocycles. The van der Waals surface area contributed by atoms with Crippen LogP contribution in [0.5, 0.6) is 0 Å². The van der Waals surface area contributed by atoms with Gasteiger partial charge in [0, 0.05) is 12.4 Å². The molecule has 1 N–H and O–H groups in total. The average molecular weight is 255 g/mol. The van der Waals surface area contributed by atoms with E-state index in [0.29, 0.717) is 4.67 Å². The second-order valence-corrected chi connectivity index (χ2v) is 3.42. The van der Waals surface area contributed by atoms with E-state index in [2.05, 4.69) is 21.4 Å². The lowest BCUT2D eigenvalue weighted by Crippen LogP contribution is -2.20. The summed E-state index contributed by atoms with van der Waals surface area (Å²) in [5.74, 6) is -0.0162. The number of hydrogen-bond acceptors (Lipinski definition) is 2. The summed E-state index contributed by atoms with van der Waals surface area (Å²) >= 11 is 3.12. The third-order valence-corrected chi connectivity index (χ3v) is 2.06. The molecule has 4 nitrogen and oxygen atoms in total. The van der Waals surface area contributed by atoms with Crippen LogP contribution in [0.2, 0.25) is 0 Å². The molecule has 0 aliphatic rings. The molecule has 72 valence electrons. The fraction of sp³-hybridized carbons (Fsp3) is 0. The fourth-order valence-electron chi connectivity index (χ4n) is 1.02. The molecule has 2 rings (SSSR count). The molecule has 0 aromatic carbocycles. The summed E-state index contributed by atoms with van der Waals surface area (Å²) < 4.78 is 7.18. The van der Waals surface area contributed by atoms with E-state index in [0.717, 1.165) is 0 Å². The Morgan fingerprint density at radius 3 is 2.64 bits per heavy atom. The number of nitrogens with zero attached hydrogens (tertiary/aromatic N) is 1. The highest BCUT2D eigenvalue weighted by molar-refractivity contribution is 9.10. The van der Waals surface area contributed by atoms with Gasteiger partial charge in [-0.3, -0.25) is 14.9 Å². The van der Waals surface area contributed by atoms with Crippen molar-refractivity contribution in [3.8, 4) is 0 Å². The van der Waals surface area contributed by atoms with Crippen molar-refractivity contribution >= 4 is 21.8 Å². The van der Waals surface area contributed by atoms with Gasteiger partial charge in [-0.25, -0.2) is 0 Å². The van der Waals surface area contributed by atoms with Gasteiger partial charge < -0.3 is 4.42 Å². The third kappa shape index (κ3) is 1.88. The predicted octanol–water partition coefficient (Wildman–Crippen LogP) is 2.23. The molecular formula is C9H7BrN2O2. The molecule has 0 bridgehead atoms. The van der Waals surface area contributed by atoms with E-state index in [4.69, 9.17) is 4.42 Å². The minimum Gasteiger partial charge on any atom is -0.444 e. The smallest absolute Gasteiger partial charge is 0.305 e. The quantitative estimate of drug-likeness (QED) is 0.894. The predicted molar refractivity (Wildman–Crippen MR) is 54.5 cm³/mol. The van der Waals surface area contributed by atoms with Crippen molar-refractivity contribution in [1.82, 2.24) is 4.68 Å². The first-order valence-electron chi connectivity index (χ1n) is 3.95. The Bertz CT molecular complexity index is 433. The maximum Gasteiger partial charge on any atom is 0.305 e. The van der Waals surface area contributed by atoms with Gasteiger partial charge in [0.1, 0.15) is 0 Å². The van der Waals surface area contributed by atoms with Crippen LogP contribution in [-0.2, 0) is 0 Å². The lowest BCUT2D eigenvalue weighted by molar-refractivity contribution is 0.0980. The largest absolute Gasteiger partial charge is 0.444 e. The van der Waals surface area contributed by atoms with Gasteiger partial charge in [-0.2, -0.15) is 0 Å². The lowest BCUT2D eigenvalue weighted by Gasteiger charge is -2.02. The minimum atomic E-state index is -0.285. The fourth-order valence-corrected chi connectivity index (χ4v) is 1.32. The number of hydrogen-bond donors (Lipinski definition) is 1. The molecule has 5 heteroatoms. The number of aromatic nitrogens is 1. The van der Waals surface area contributed by atoms with E-state index in [1.54, 1.807) is 29.2 Å². The number of carbonyl (C=O) groups is 1. The number of carbonyl (C=O) groups excluding carboxylic acids is 1. The number of rotatable bonds is 2. The van der Waals surface area contributed by atoms with Crippen molar-refractivity contribution in [2.75, 3.05) is 5.43 Å². The van der Waals surface area contributed by atoms with Crippen LogP contribution in [0.3, 0.4) is 0 Å². The van der Waals surface area contributed by atoms with Gasteiger partial charge in [-0.05, 0) is 40.2 Å². The second-order valence-electron chi connectivity index (χ2n) is 2.63. The van der Waals surface area contributed by atoms with Gasteiger partial charge in [-0.1, -0.05) is 0 Å². The normalized spacial score (nSPS) is 10.1. The summed E-state index contributed by atoms with van der Waals surface area (Å²) in [5, 5.41) is 0. The molecule has 2 aromatic heterocycles. The Labute approximate surface area is 88.6 Å². The second kappa shape index (κ2) is 3.71. The van der Waals surface area contributed by atoms with Crippen molar-refractivity contribution in [3.05, 3.63) is 47.1 Å². The Hall–Kier alpha value is -1.49. The van der Waals surface area contributed by atoms with Crippen molar-refractivity contribution in [1.29, 1.82) is 0 Å². The van der Waals surface area contributed by atoms with Crippen molar-refractivity contribution < 1.29 is 9.21 Å². The Morgan fingerprint density at radius 1 is 1.36 bits per heavy atom. The standard InChI is InChI=1S/C9H7BrN2O2/c10-8-4-3-7(14-8)9(13)11-12-5-1-2-6-12/h1-6H,(H,11,13). The van der Waals surface area contributed by atoms with Gasteiger partial charge >= 0.3 is 5.91 Å². The van der Waals surface area contributed by atoms with Crippen LogP contribution in [-0.4, -0.2) is 10.6 Å². The van der Waals surface area contributed by atoms with Crippen molar-refractivity contribution in [2.24, 2.45) is 0 Å². The zero-order valence-electron chi connectivity index (χ0n) is 7.11. The molecule has 2 heterocycles. The SMILES string of the molecule is O=C(Nn1cccc1)c1ccc(Br)o1. The average Bonchev–Trinajstić information content (AvgIpc) is 2.75. The van der Waals surface area contributed by atoms with Gasteiger partial charge in [0.15, 0.2) is 10.4 Å². The summed E-state index contributed by atoms with van der Waals surface area (Å²) in [6.07, 6.45) is 3.46. The highest BCUT2D eigenvalue weighted by Crippen LogP contribution is 2.13. The Morgan fingerprint density at radius 2 is 2.07 bits per heavy atom. The summed E-state index contributed by atoms with van der Waals surface area (Å²) in [7, 11) is 0. The van der Waals surface area contributed by atoms with Crippen LogP contribution in [0.4, 0.5) is 0 Å². The molecule has 1 amide bonds. The van der Waals surface area contributed by atoms with Gasteiger partial charge in [-0.15, -0.1) is 0 Å². The highest BCUT2D eigenvalue weighted by atomic mass is 79.9. The molecular weight excluding hydrogens is 248 g/mol. The van der Waals surface area contributed by atoms with Crippen LogP contribution in [0, 0.1) is 0 Å². The topological polar surface area (TPSA) is 47.2 Å². The molecule has 0 saturated carbocycles. The summed E-state index contributed by atoms with van der Waals surface area (Å²) in [6.45, 7) is 0. The van der Waals surface area contributed by atoms with Gasteiger partial charge in [0.2, 0.25) is 0 Å². The summed E-state index contributed by atoms with van der Waals surface area (Å²) in [6, 6.07) is 6.91. The number of nitrogens with one attached hydrogen (secondary N) is 1. The molecule has 0 fully saturated rings. The molecule has 14 heavy (non-hydrogen) atoms. The van der Waals surface area contributed by atoms with Crippen molar-refractivity contribution in [2.45, 2.75) is 0 Å². The van der Waals surface area contributed by atoms with E-state index >= 15 is 0 Å².